The molecule has 5 nitrogen and oxygen atoms in total. The molecule has 0 aliphatic rings. The number of hydrogen-bond donors (Lipinski definition) is 0. The molecule has 0 radical (unpaired) electrons. The lowest BCUT2D eigenvalue weighted by molar-refractivity contribution is -0.385. The molecule has 3 rings (SSSR count). The van der Waals surface area contributed by atoms with Crippen LogP contribution in [0.1, 0.15) is 11.1 Å². The number of alkyl halides is 3. The van der Waals surface area contributed by atoms with Crippen molar-refractivity contribution in [2.75, 3.05) is 0 Å². The number of nitro groups is 1. The molecular weight excluding hydrogens is 409 g/mol. The first kappa shape index (κ1) is 20.3. The highest BCUT2D eigenvalue weighted by atomic mass is 35.5. The number of halogens is 4. The minimum absolute atomic E-state index is 0.0144. The molecule has 0 fully saturated rings. The summed E-state index contributed by atoms with van der Waals surface area (Å²) in [5.41, 5.74) is -0.344. The molecule has 0 aliphatic carbocycles. The van der Waals surface area contributed by atoms with E-state index in [9.17, 15) is 23.3 Å². The van der Waals surface area contributed by atoms with Gasteiger partial charge in [0, 0.05) is 12.3 Å². The van der Waals surface area contributed by atoms with Crippen LogP contribution >= 0.6 is 11.6 Å². The maximum Gasteiger partial charge on any atom is 0.416 e. The third kappa shape index (κ3) is 5.11. The van der Waals surface area contributed by atoms with Gasteiger partial charge in [-0.3, -0.25) is 15.1 Å². The van der Waals surface area contributed by atoms with Crippen molar-refractivity contribution in [1.29, 1.82) is 0 Å². The maximum atomic E-state index is 12.7. The first-order chi connectivity index (χ1) is 13.7. The number of benzene rings is 3. The number of hydrogen-bond acceptors (Lipinski definition) is 4. The molecule has 3 aromatic rings. The molecule has 0 heterocycles. The third-order valence-electron chi connectivity index (χ3n) is 3.79. The quantitative estimate of drug-likeness (QED) is 0.259. The van der Waals surface area contributed by atoms with Crippen molar-refractivity contribution < 1.29 is 22.8 Å². The first-order valence-electron chi connectivity index (χ1n) is 8.16. The molecule has 0 unspecified atom stereocenters. The fourth-order valence-electron chi connectivity index (χ4n) is 2.41. The molecule has 0 atom stereocenters. The zero-order valence-corrected chi connectivity index (χ0v) is 15.3. The van der Waals surface area contributed by atoms with Gasteiger partial charge in [-0.05, 0) is 42.5 Å². The van der Waals surface area contributed by atoms with E-state index in [-0.39, 0.29) is 27.8 Å². The first-order valence-corrected chi connectivity index (χ1v) is 8.54. The van der Waals surface area contributed by atoms with Crippen LogP contribution in [0.25, 0.3) is 0 Å². The highest BCUT2D eigenvalue weighted by molar-refractivity contribution is 6.32. The van der Waals surface area contributed by atoms with Crippen molar-refractivity contribution in [3.63, 3.8) is 0 Å². The highest BCUT2D eigenvalue weighted by Crippen LogP contribution is 2.37. The Kier molecular flexibility index (Phi) is 5.84. The number of nitro benzene ring substituents is 1. The predicted octanol–water partition coefficient (Wildman–Crippen LogP) is 6.81. The fourth-order valence-corrected chi connectivity index (χ4v) is 2.63. The van der Waals surface area contributed by atoms with Gasteiger partial charge in [0.2, 0.25) is 0 Å². The van der Waals surface area contributed by atoms with E-state index in [2.05, 4.69) is 4.99 Å². The molecule has 0 saturated heterocycles. The van der Waals surface area contributed by atoms with Crippen molar-refractivity contribution in [2.24, 2.45) is 4.99 Å². The summed E-state index contributed by atoms with van der Waals surface area (Å²) in [5.74, 6) is 0.145. The molecule has 0 spiro atoms. The van der Waals surface area contributed by atoms with Gasteiger partial charge >= 0.3 is 6.18 Å². The van der Waals surface area contributed by atoms with Crippen LogP contribution in [0.2, 0.25) is 5.02 Å². The Labute approximate surface area is 168 Å². The summed E-state index contributed by atoms with van der Waals surface area (Å²) in [5, 5.41) is 11.0. The van der Waals surface area contributed by atoms with Crippen LogP contribution in [0.3, 0.4) is 0 Å². The molecular formula is C20H12ClF3N2O3. The van der Waals surface area contributed by atoms with Crippen molar-refractivity contribution >= 4 is 29.2 Å². The van der Waals surface area contributed by atoms with Gasteiger partial charge in [0.1, 0.15) is 11.5 Å². The van der Waals surface area contributed by atoms with E-state index in [0.717, 1.165) is 18.2 Å². The van der Waals surface area contributed by atoms with Crippen molar-refractivity contribution in [2.45, 2.75) is 6.18 Å². The Bertz CT molecular complexity index is 1070. The zero-order valence-electron chi connectivity index (χ0n) is 14.6. The summed E-state index contributed by atoms with van der Waals surface area (Å²) >= 11 is 5.89. The van der Waals surface area contributed by atoms with Gasteiger partial charge in [0.05, 0.1) is 26.8 Å². The van der Waals surface area contributed by atoms with E-state index in [1.807, 2.05) is 6.07 Å². The monoisotopic (exact) mass is 420 g/mol. The van der Waals surface area contributed by atoms with Crippen molar-refractivity contribution in [1.82, 2.24) is 0 Å². The second-order valence-corrected chi connectivity index (χ2v) is 6.22. The van der Waals surface area contributed by atoms with Gasteiger partial charge in [-0.1, -0.05) is 29.8 Å². The average molecular weight is 421 g/mol. The van der Waals surface area contributed by atoms with Crippen LogP contribution < -0.4 is 4.74 Å². The number of rotatable bonds is 5. The Hall–Kier alpha value is -3.39. The largest absolute Gasteiger partial charge is 0.456 e. The molecule has 0 aromatic heterocycles. The lowest BCUT2D eigenvalue weighted by atomic mass is 10.1. The second-order valence-electron chi connectivity index (χ2n) is 5.82. The molecule has 0 amide bonds. The Morgan fingerprint density at radius 1 is 1.03 bits per heavy atom. The minimum atomic E-state index is -4.53. The van der Waals surface area contributed by atoms with Gasteiger partial charge in [0.15, 0.2) is 0 Å². The van der Waals surface area contributed by atoms with Gasteiger partial charge in [-0.15, -0.1) is 0 Å². The van der Waals surface area contributed by atoms with Gasteiger partial charge < -0.3 is 4.74 Å². The van der Waals surface area contributed by atoms with E-state index < -0.39 is 16.7 Å². The summed E-state index contributed by atoms with van der Waals surface area (Å²) in [6.45, 7) is 0. The maximum absolute atomic E-state index is 12.7. The second kappa shape index (κ2) is 8.32. The van der Waals surface area contributed by atoms with Crippen LogP contribution in [-0.4, -0.2) is 11.1 Å². The van der Waals surface area contributed by atoms with E-state index in [1.54, 1.807) is 24.3 Å². The van der Waals surface area contributed by atoms with Crippen LogP contribution in [0.5, 0.6) is 11.5 Å². The molecule has 3 aromatic carbocycles. The van der Waals surface area contributed by atoms with E-state index >= 15 is 0 Å². The van der Waals surface area contributed by atoms with Crippen LogP contribution in [0.15, 0.2) is 71.7 Å². The van der Waals surface area contributed by atoms with E-state index in [0.29, 0.717) is 5.69 Å². The summed E-state index contributed by atoms with van der Waals surface area (Å²) in [4.78, 5) is 14.9. The molecule has 9 heteroatoms. The third-order valence-corrected chi connectivity index (χ3v) is 4.09. The number of para-hydroxylation sites is 1. The lowest BCUT2D eigenvalue weighted by Crippen LogP contribution is -2.04. The van der Waals surface area contributed by atoms with Gasteiger partial charge in [-0.25, -0.2) is 0 Å². The van der Waals surface area contributed by atoms with Gasteiger partial charge in [0.25, 0.3) is 5.69 Å². The van der Waals surface area contributed by atoms with Gasteiger partial charge in [-0.2, -0.15) is 13.2 Å². The Balaban J connectivity index is 1.91. The predicted molar refractivity (Wildman–Crippen MR) is 103 cm³/mol. The molecule has 148 valence electrons. The lowest BCUT2D eigenvalue weighted by Gasteiger charge is -2.11. The molecule has 0 N–H and O–H groups in total. The summed E-state index contributed by atoms with van der Waals surface area (Å²) in [7, 11) is 0. The normalized spacial score (nSPS) is 11.6. The SMILES string of the molecule is O=[N+]([O-])c1ccc(Oc2ccc(C(F)(F)F)cc2Cl)cc1C=Nc1ccccc1. The zero-order chi connectivity index (χ0) is 21.0. The van der Waals surface area contributed by atoms with Crippen molar-refractivity contribution in [3.8, 4) is 11.5 Å². The number of ether oxygens (including phenoxy) is 1. The molecule has 0 bridgehead atoms. The number of nitrogens with zero attached hydrogens (tertiary/aromatic N) is 2. The minimum Gasteiger partial charge on any atom is -0.456 e. The number of aliphatic imine (C=N–C) groups is 1. The summed E-state index contributed by atoms with van der Waals surface area (Å²) in [6, 6.07) is 15.4. The average Bonchev–Trinajstić information content (AvgIpc) is 2.68. The van der Waals surface area contributed by atoms with E-state index in [4.69, 9.17) is 16.3 Å². The Morgan fingerprint density at radius 2 is 1.76 bits per heavy atom. The topological polar surface area (TPSA) is 64.7 Å². The highest BCUT2D eigenvalue weighted by Gasteiger charge is 2.31. The summed E-state index contributed by atoms with van der Waals surface area (Å²) in [6.07, 6.45) is -3.22. The standard InChI is InChI=1S/C20H12ClF3N2O3/c21-17-11-14(20(22,23)24)6-9-19(17)29-16-7-8-18(26(27)28)13(10-16)12-25-15-4-2-1-3-5-15/h1-12H. The molecule has 0 aliphatic heterocycles. The Morgan fingerprint density at radius 3 is 2.38 bits per heavy atom. The fraction of sp³-hybridized carbons (Fsp3) is 0.0500. The molecule has 29 heavy (non-hydrogen) atoms. The smallest absolute Gasteiger partial charge is 0.416 e. The van der Waals surface area contributed by atoms with Crippen LogP contribution in [0.4, 0.5) is 24.5 Å². The van der Waals surface area contributed by atoms with E-state index in [1.165, 1.54) is 24.4 Å². The van der Waals surface area contributed by atoms with Crippen LogP contribution in [-0.2, 0) is 6.18 Å². The van der Waals surface area contributed by atoms with Crippen LogP contribution in [0, 0.1) is 10.1 Å². The summed E-state index contributed by atoms with van der Waals surface area (Å²) < 4.78 is 43.8. The van der Waals surface area contributed by atoms with Crippen molar-refractivity contribution in [3.05, 3.63) is 93.0 Å². The molecule has 0 saturated carbocycles.